The van der Waals surface area contributed by atoms with Crippen molar-refractivity contribution in [1.29, 1.82) is 0 Å². The molecule has 3 aromatic rings. The largest absolute Gasteiger partial charge is 0.378 e. The van der Waals surface area contributed by atoms with Gasteiger partial charge in [0.15, 0.2) is 17.0 Å². The van der Waals surface area contributed by atoms with Gasteiger partial charge in [-0.2, -0.15) is 9.97 Å². The molecule has 1 aromatic carbocycles. The summed E-state index contributed by atoms with van der Waals surface area (Å²) >= 11 is 0. The summed E-state index contributed by atoms with van der Waals surface area (Å²) in [5.41, 5.74) is 2.77. The van der Waals surface area contributed by atoms with Gasteiger partial charge in [-0.15, -0.1) is 0 Å². The van der Waals surface area contributed by atoms with Gasteiger partial charge in [-0.1, -0.05) is 37.5 Å². The summed E-state index contributed by atoms with van der Waals surface area (Å²) in [5, 5.41) is 3.46. The van der Waals surface area contributed by atoms with Crippen LogP contribution in [0.5, 0.6) is 0 Å². The van der Waals surface area contributed by atoms with Crippen LogP contribution in [-0.4, -0.2) is 45.8 Å². The Balaban J connectivity index is 1.58. The predicted molar refractivity (Wildman–Crippen MR) is 110 cm³/mol. The molecule has 1 saturated carbocycles. The summed E-state index contributed by atoms with van der Waals surface area (Å²) in [4.78, 5) is 16.7. The Morgan fingerprint density at radius 3 is 2.54 bits per heavy atom. The molecule has 0 amide bonds. The van der Waals surface area contributed by atoms with Crippen molar-refractivity contribution in [3.8, 4) is 0 Å². The van der Waals surface area contributed by atoms with E-state index in [9.17, 15) is 0 Å². The third-order valence-corrected chi connectivity index (χ3v) is 5.71. The number of nitrogens with zero attached hydrogens (tertiary/aromatic N) is 5. The molecule has 0 unspecified atom stereocenters. The lowest BCUT2D eigenvalue weighted by Gasteiger charge is -2.27. The number of fused-ring (bicyclic) bond motifs is 1. The smallest absolute Gasteiger partial charge is 0.229 e. The van der Waals surface area contributed by atoms with Gasteiger partial charge in [0.2, 0.25) is 5.95 Å². The van der Waals surface area contributed by atoms with Gasteiger partial charge in [0, 0.05) is 24.8 Å². The molecule has 5 rings (SSSR count). The fraction of sp³-hybridized carbons (Fsp3) is 0.476. The molecule has 1 aliphatic heterocycles. The summed E-state index contributed by atoms with van der Waals surface area (Å²) in [5.74, 6) is 1.53. The Hall–Kier alpha value is -2.67. The highest BCUT2D eigenvalue weighted by Gasteiger charge is 2.23. The molecule has 7 nitrogen and oxygen atoms in total. The van der Waals surface area contributed by atoms with Crippen molar-refractivity contribution in [2.24, 2.45) is 0 Å². The van der Waals surface area contributed by atoms with E-state index in [1.165, 1.54) is 32.1 Å². The number of aromatic nitrogens is 4. The molecular formula is C21H26N6O. The monoisotopic (exact) mass is 378 g/mol. The average Bonchev–Trinajstić information content (AvgIpc) is 3.20. The summed E-state index contributed by atoms with van der Waals surface area (Å²) in [6, 6.07) is 10.6. The summed E-state index contributed by atoms with van der Waals surface area (Å²) < 4.78 is 7.78. The van der Waals surface area contributed by atoms with Crippen LogP contribution in [0.15, 0.2) is 36.7 Å². The van der Waals surface area contributed by atoms with Crippen LogP contribution in [0, 0.1) is 0 Å². The minimum atomic E-state index is 0.482. The molecule has 3 heterocycles. The zero-order valence-corrected chi connectivity index (χ0v) is 16.0. The van der Waals surface area contributed by atoms with E-state index >= 15 is 0 Å². The topological polar surface area (TPSA) is 68.1 Å². The number of benzene rings is 1. The van der Waals surface area contributed by atoms with Crippen molar-refractivity contribution in [1.82, 2.24) is 19.5 Å². The van der Waals surface area contributed by atoms with Crippen LogP contribution in [0.4, 0.5) is 17.5 Å². The van der Waals surface area contributed by atoms with E-state index in [2.05, 4.69) is 14.8 Å². The van der Waals surface area contributed by atoms with Gasteiger partial charge in [0.25, 0.3) is 0 Å². The highest BCUT2D eigenvalue weighted by atomic mass is 16.5. The minimum Gasteiger partial charge on any atom is -0.378 e. The maximum atomic E-state index is 5.51. The van der Waals surface area contributed by atoms with Crippen molar-refractivity contribution < 1.29 is 4.74 Å². The average molecular weight is 378 g/mol. The normalized spacial score (nSPS) is 18.5. The van der Waals surface area contributed by atoms with Crippen LogP contribution in [-0.2, 0) is 4.74 Å². The van der Waals surface area contributed by atoms with E-state index < -0.39 is 0 Å². The van der Waals surface area contributed by atoms with Crippen molar-refractivity contribution in [3.63, 3.8) is 0 Å². The van der Waals surface area contributed by atoms with Crippen molar-refractivity contribution in [2.75, 3.05) is 36.5 Å². The zero-order chi connectivity index (χ0) is 18.8. The Morgan fingerprint density at radius 2 is 1.75 bits per heavy atom. The van der Waals surface area contributed by atoms with Crippen LogP contribution in [0.1, 0.15) is 38.1 Å². The second-order valence-electron chi connectivity index (χ2n) is 7.58. The second-order valence-corrected chi connectivity index (χ2v) is 7.58. The predicted octanol–water partition coefficient (Wildman–Crippen LogP) is 3.91. The quantitative estimate of drug-likeness (QED) is 0.742. The van der Waals surface area contributed by atoms with Gasteiger partial charge in [-0.25, -0.2) is 4.98 Å². The van der Waals surface area contributed by atoms with Crippen LogP contribution < -0.4 is 10.2 Å². The summed E-state index contributed by atoms with van der Waals surface area (Å²) in [7, 11) is 0. The SMILES string of the molecule is c1ccc(Nc2nc(N3CCOCC3)nc3c2ncn3C2CCCCC2)cc1. The second kappa shape index (κ2) is 7.75. The number of ether oxygens (including phenoxy) is 1. The molecule has 0 spiro atoms. The first-order valence-electron chi connectivity index (χ1n) is 10.3. The third kappa shape index (κ3) is 3.42. The number of hydrogen-bond acceptors (Lipinski definition) is 6. The summed E-state index contributed by atoms with van der Waals surface area (Å²) in [6.07, 6.45) is 8.24. The van der Waals surface area contributed by atoms with Gasteiger partial charge >= 0.3 is 0 Å². The minimum absolute atomic E-state index is 0.482. The number of para-hydroxylation sites is 1. The first-order chi connectivity index (χ1) is 13.9. The van der Waals surface area contributed by atoms with Gasteiger partial charge < -0.3 is 19.5 Å². The van der Waals surface area contributed by atoms with Gasteiger partial charge in [0.1, 0.15) is 0 Å². The first-order valence-corrected chi connectivity index (χ1v) is 10.3. The van der Waals surface area contributed by atoms with Crippen LogP contribution in [0.3, 0.4) is 0 Å². The standard InChI is InChI=1S/C21H26N6O/c1-3-7-16(8-4-1)23-19-18-20(25-21(24-19)26-11-13-28-14-12-26)27(15-22-18)17-9-5-2-6-10-17/h1,3-4,7-8,15,17H,2,5-6,9-14H2,(H,23,24,25). The van der Waals surface area contributed by atoms with Crippen molar-refractivity contribution in [3.05, 3.63) is 36.7 Å². The molecule has 0 atom stereocenters. The lowest BCUT2D eigenvalue weighted by Crippen LogP contribution is -2.37. The number of anilines is 3. The Morgan fingerprint density at radius 1 is 0.964 bits per heavy atom. The fourth-order valence-corrected chi connectivity index (χ4v) is 4.18. The Bertz CT molecular complexity index is 929. The van der Waals surface area contributed by atoms with Gasteiger partial charge in [-0.3, -0.25) is 0 Å². The molecule has 1 aliphatic carbocycles. The van der Waals surface area contributed by atoms with E-state index in [0.717, 1.165) is 41.7 Å². The molecule has 7 heteroatoms. The fourth-order valence-electron chi connectivity index (χ4n) is 4.18. The van der Waals surface area contributed by atoms with Crippen LogP contribution in [0.25, 0.3) is 11.2 Å². The number of imidazole rings is 1. The maximum Gasteiger partial charge on any atom is 0.229 e. The molecule has 1 N–H and O–H groups in total. The van der Waals surface area contributed by atoms with E-state index in [0.29, 0.717) is 19.3 Å². The highest BCUT2D eigenvalue weighted by Crippen LogP contribution is 2.33. The molecule has 28 heavy (non-hydrogen) atoms. The van der Waals surface area contributed by atoms with Gasteiger partial charge in [-0.05, 0) is 25.0 Å². The van der Waals surface area contributed by atoms with E-state index in [1.807, 2.05) is 36.7 Å². The van der Waals surface area contributed by atoms with E-state index in [-0.39, 0.29) is 0 Å². The number of hydrogen-bond donors (Lipinski definition) is 1. The van der Waals surface area contributed by atoms with Gasteiger partial charge in [0.05, 0.1) is 19.5 Å². The van der Waals surface area contributed by atoms with Crippen molar-refractivity contribution >= 4 is 28.6 Å². The number of nitrogens with one attached hydrogen (secondary N) is 1. The molecule has 1 saturated heterocycles. The molecule has 2 aliphatic rings. The molecular weight excluding hydrogens is 352 g/mol. The molecule has 146 valence electrons. The highest BCUT2D eigenvalue weighted by molar-refractivity contribution is 5.86. The van der Waals surface area contributed by atoms with Crippen molar-refractivity contribution in [2.45, 2.75) is 38.1 Å². The molecule has 2 aromatic heterocycles. The van der Waals surface area contributed by atoms with E-state index in [1.54, 1.807) is 0 Å². The summed E-state index contributed by atoms with van der Waals surface area (Å²) in [6.45, 7) is 3.05. The van der Waals surface area contributed by atoms with Crippen LogP contribution >= 0.6 is 0 Å². The third-order valence-electron chi connectivity index (χ3n) is 5.71. The lowest BCUT2D eigenvalue weighted by atomic mass is 9.95. The molecule has 2 fully saturated rings. The lowest BCUT2D eigenvalue weighted by molar-refractivity contribution is 0.122. The molecule has 0 radical (unpaired) electrons. The zero-order valence-electron chi connectivity index (χ0n) is 16.0. The Labute approximate surface area is 164 Å². The van der Waals surface area contributed by atoms with Crippen LogP contribution in [0.2, 0.25) is 0 Å². The first kappa shape index (κ1) is 17.4. The Kier molecular flexibility index (Phi) is 4.83. The number of rotatable bonds is 4. The van der Waals surface area contributed by atoms with E-state index in [4.69, 9.17) is 19.7 Å². The maximum absolute atomic E-state index is 5.51. The number of morpholine rings is 1. The molecule has 0 bridgehead atoms.